The molecule has 0 radical (unpaired) electrons. The van der Waals surface area contributed by atoms with Crippen LogP contribution in [0.15, 0.2) is 27.9 Å². The SMILES string of the molecule is COc1ncccc1CN1CCC2(C1)Cn1c(nn(CC(C)C)c(=O)c1=O)CO2.O=C(O)C(F)(F)F. The lowest BCUT2D eigenvalue weighted by Gasteiger charge is -2.35. The van der Waals surface area contributed by atoms with Crippen LogP contribution in [0, 0.1) is 5.92 Å². The number of pyridine rings is 1. The van der Waals surface area contributed by atoms with Crippen molar-refractivity contribution in [2.24, 2.45) is 5.92 Å². The predicted molar refractivity (Wildman–Crippen MR) is 119 cm³/mol. The quantitative estimate of drug-likeness (QED) is 0.586. The highest BCUT2D eigenvalue weighted by Crippen LogP contribution is 2.32. The summed E-state index contributed by atoms with van der Waals surface area (Å²) in [4.78, 5) is 40.6. The van der Waals surface area contributed by atoms with Crippen LogP contribution in [0.4, 0.5) is 13.2 Å². The lowest BCUT2D eigenvalue weighted by atomic mass is 10.0. The molecule has 2 aliphatic heterocycles. The van der Waals surface area contributed by atoms with Crippen molar-refractivity contribution in [1.29, 1.82) is 0 Å². The van der Waals surface area contributed by atoms with Crippen molar-refractivity contribution in [2.75, 3.05) is 20.2 Å². The van der Waals surface area contributed by atoms with Crippen molar-refractivity contribution in [1.82, 2.24) is 24.2 Å². The Labute approximate surface area is 204 Å². The molecule has 0 aliphatic carbocycles. The molecule has 36 heavy (non-hydrogen) atoms. The average Bonchev–Trinajstić information content (AvgIpc) is 3.19. The van der Waals surface area contributed by atoms with Crippen molar-refractivity contribution in [3.05, 3.63) is 50.4 Å². The van der Waals surface area contributed by atoms with Crippen LogP contribution in [-0.4, -0.2) is 67.3 Å². The number of alkyl halides is 3. The minimum atomic E-state index is -5.08. The Kier molecular flexibility index (Phi) is 8.19. The van der Waals surface area contributed by atoms with Crippen LogP contribution in [0.25, 0.3) is 0 Å². The molecular formula is C22H28F3N5O6. The first-order chi connectivity index (χ1) is 16.8. The molecule has 1 atom stereocenters. The predicted octanol–water partition coefficient (Wildman–Crippen LogP) is 1.27. The summed E-state index contributed by atoms with van der Waals surface area (Å²) in [6.45, 7) is 7.18. The van der Waals surface area contributed by atoms with E-state index in [1.807, 2.05) is 26.0 Å². The minimum Gasteiger partial charge on any atom is -0.481 e. The van der Waals surface area contributed by atoms with Crippen molar-refractivity contribution >= 4 is 5.97 Å². The second-order valence-electron chi connectivity index (χ2n) is 9.10. The third-order valence-electron chi connectivity index (χ3n) is 5.78. The van der Waals surface area contributed by atoms with Crippen molar-refractivity contribution < 1.29 is 32.5 Å². The molecule has 4 rings (SSSR count). The van der Waals surface area contributed by atoms with Crippen molar-refractivity contribution in [3.63, 3.8) is 0 Å². The topological polar surface area (TPSA) is 129 Å². The third kappa shape index (κ3) is 6.29. The molecule has 0 bridgehead atoms. The summed E-state index contributed by atoms with van der Waals surface area (Å²) in [7, 11) is 1.62. The molecular weight excluding hydrogens is 487 g/mol. The van der Waals surface area contributed by atoms with Gasteiger partial charge in [0.25, 0.3) is 0 Å². The Balaban J connectivity index is 0.000000454. The van der Waals surface area contributed by atoms with Gasteiger partial charge in [0.05, 0.1) is 13.7 Å². The largest absolute Gasteiger partial charge is 0.490 e. The molecule has 1 unspecified atom stereocenters. The van der Waals surface area contributed by atoms with E-state index in [1.165, 1.54) is 9.25 Å². The van der Waals surface area contributed by atoms with E-state index in [9.17, 15) is 22.8 Å². The number of carboxylic acid groups (broad SMARTS) is 1. The zero-order valence-corrected chi connectivity index (χ0v) is 20.1. The molecule has 0 aromatic carbocycles. The van der Waals surface area contributed by atoms with Crippen LogP contribution in [0.2, 0.25) is 0 Å². The first kappa shape index (κ1) is 27.3. The number of likely N-dealkylation sites (tertiary alicyclic amines) is 1. The van der Waals surface area contributed by atoms with E-state index in [4.69, 9.17) is 19.4 Å². The highest BCUT2D eigenvalue weighted by atomic mass is 19.4. The molecule has 2 aromatic heterocycles. The zero-order chi connectivity index (χ0) is 26.7. The van der Waals surface area contributed by atoms with Gasteiger partial charge in [-0.1, -0.05) is 19.9 Å². The second-order valence-corrected chi connectivity index (χ2v) is 9.10. The third-order valence-corrected chi connectivity index (χ3v) is 5.78. The number of carbonyl (C=O) groups is 1. The van der Waals surface area contributed by atoms with Gasteiger partial charge in [0, 0.05) is 37.9 Å². The van der Waals surface area contributed by atoms with E-state index in [0.29, 0.717) is 37.9 Å². The van der Waals surface area contributed by atoms with Crippen LogP contribution in [0.3, 0.4) is 0 Å². The number of carboxylic acids is 1. The number of aliphatic carboxylic acids is 1. The summed E-state index contributed by atoms with van der Waals surface area (Å²) in [6, 6.07) is 3.89. The fourth-order valence-electron chi connectivity index (χ4n) is 4.15. The van der Waals surface area contributed by atoms with Gasteiger partial charge in [0.2, 0.25) is 5.88 Å². The Morgan fingerprint density at radius 3 is 2.58 bits per heavy atom. The highest BCUT2D eigenvalue weighted by molar-refractivity contribution is 5.73. The van der Waals surface area contributed by atoms with Crippen molar-refractivity contribution in [2.45, 2.75) is 58.3 Å². The number of ether oxygens (including phenoxy) is 2. The average molecular weight is 515 g/mol. The van der Waals surface area contributed by atoms with Crippen molar-refractivity contribution in [3.8, 4) is 5.88 Å². The molecule has 1 spiro atoms. The molecule has 0 amide bonds. The summed E-state index contributed by atoms with van der Waals surface area (Å²) in [5, 5.41) is 11.5. The Morgan fingerprint density at radius 2 is 1.97 bits per heavy atom. The van der Waals surface area contributed by atoms with E-state index in [-0.39, 0.29) is 12.5 Å². The number of hydrogen-bond acceptors (Lipinski definition) is 8. The molecule has 1 N–H and O–H groups in total. The fourth-order valence-corrected chi connectivity index (χ4v) is 4.15. The van der Waals surface area contributed by atoms with E-state index in [1.54, 1.807) is 13.3 Å². The smallest absolute Gasteiger partial charge is 0.481 e. The lowest BCUT2D eigenvalue weighted by molar-refractivity contribution is -0.192. The molecule has 1 fully saturated rings. The van der Waals surface area contributed by atoms with Crippen LogP contribution >= 0.6 is 0 Å². The van der Waals surface area contributed by atoms with Gasteiger partial charge in [0.15, 0.2) is 5.82 Å². The van der Waals surface area contributed by atoms with Crippen LogP contribution in [0.1, 0.15) is 31.7 Å². The lowest BCUT2D eigenvalue weighted by Crippen LogP contribution is -2.53. The number of methoxy groups -OCH3 is 1. The Morgan fingerprint density at radius 1 is 1.28 bits per heavy atom. The number of rotatable bonds is 5. The summed E-state index contributed by atoms with van der Waals surface area (Å²) in [5.74, 6) is -1.39. The molecule has 0 saturated carbocycles. The number of nitrogens with zero attached hydrogens (tertiary/aromatic N) is 5. The summed E-state index contributed by atoms with van der Waals surface area (Å²) >= 11 is 0. The number of hydrogen-bond donors (Lipinski definition) is 1. The van der Waals surface area contributed by atoms with Gasteiger partial charge >= 0.3 is 23.3 Å². The Hall–Kier alpha value is -3.26. The summed E-state index contributed by atoms with van der Waals surface area (Å²) in [6.07, 6.45) is -2.59. The number of halogens is 3. The van der Waals surface area contributed by atoms with Gasteiger partial charge in [-0.2, -0.15) is 18.3 Å². The standard InChI is InChI=1S/C20H27N5O4.C2HF3O2/c1-14(2)9-25-19(27)18(26)24-13-20(29-11-16(24)22-25)6-8-23(12-20)10-15-5-4-7-21-17(15)28-3;3-2(4,5)1(6)7/h4-5,7,14H,6,8-13H2,1-3H3;(H,6,7). The molecule has 1 saturated heterocycles. The maximum atomic E-state index is 12.7. The van der Waals surface area contributed by atoms with Gasteiger partial charge in [0.1, 0.15) is 12.2 Å². The van der Waals surface area contributed by atoms with Gasteiger partial charge < -0.3 is 14.6 Å². The number of aromatic nitrogens is 4. The van der Waals surface area contributed by atoms with E-state index < -0.39 is 28.9 Å². The highest BCUT2D eigenvalue weighted by Gasteiger charge is 2.43. The molecule has 2 aromatic rings. The van der Waals surface area contributed by atoms with Crippen LogP contribution in [-0.2, 0) is 35.8 Å². The monoisotopic (exact) mass is 515 g/mol. The van der Waals surface area contributed by atoms with Crippen LogP contribution in [0.5, 0.6) is 5.88 Å². The first-order valence-corrected chi connectivity index (χ1v) is 11.2. The fraction of sp³-hybridized carbons (Fsp3) is 0.591. The molecule has 198 valence electrons. The van der Waals surface area contributed by atoms with Gasteiger partial charge in [-0.05, 0) is 18.4 Å². The van der Waals surface area contributed by atoms with E-state index in [0.717, 1.165) is 18.5 Å². The van der Waals surface area contributed by atoms with Gasteiger partial charge in [-0.3, -0.25) is 19.1 Å². The maximum Gasteiger partial charge on any atom is 0.490 e. The van der Waals surface area contributed by atoms with Crippen LogP contribution < -0.4 is 15.9 Å². The molecule has 4 heterocycles. The minimum absolute atomic E-state index is 0.228. The summed E-state index contributed by atoms with van der Waals surface area (Å²) < 4.78 is 46.1. The molecule has 14 heteroatoms. The summed E-state index contributed by atoms with van der Waals surface area (Å²) in [5.41, 5.74) is -0.538. The zero-order valence-electron chi connectivity index (χ0n) is 20.1. The van der Waals surface area contributed by atoms with E-state index in [2.05, 4.69) is 15.0 Å². The number of fused-ring (bicyclic) bond motifs is 1. The first-order valence-electron chi connectivity index (χ1n) is 11.2. The Bertz CT molecular complexity index is 1210. The van der Waals surface area contributed by atoms with E-state index >= 15 is 0 Å². The van der Waals surface area contributed by atoms with Gasteiger partial charge in [-0.15, -0.1) is 0 Å². The normalized spacial score (nSPS) is 19.6. The second kappa shape index (κ2) is 10.8. The maximum absolute atomic E-state index is 12.7. The molecule has 11 nitrogen and oxygen atoms in total. The van der Waals surface area contributed by atoms with Gasteiger partial charge in [-0.25, -0.2) is 14.5 Å². The molecule has 2 aliphatic rings.